The number of rotatable bonds is 6. The molecule has 0 bridgehead atoms. The van der Waals surface area contributed by atoms with Crippen LogP contribution in [0.4, 0.5) is 0 Å². The standard InChI is InChI=1S/C12H18O2S/c1-3-11(13)10-6-4-5-7-12(10)15-9-8-14-2/h4-7,11,13H,3,8-9H2,1-2H3/t11-/m0/s1. The fourth-order valence-electron chi connectivity index (χ4n) is 1.34. The third-order valence-corrected chi connectivity index (χ3v) is 3.26. The molecule has 0 saturated heterocycles. The average molecular weight is 226 g/mol. The lowest BCUT2D eigenvalue weighted by molar-refractivity contribution is 0.171. The van der Waals surface area contributed by atoms with Crippen molar-refractivity contribution in [1.29, 1.82) is 0 Å². The Morgan fingerprint density at radius 1 is 1.40 bits per heavy atom. The Hall–Kier alpha value is -0.510. The van der Waals surface area contributed by atoms with Gasteiger partial charge in [0.25, 0.3) is 0 Å². The lowest BCUT2D eigenvalue weighted by atomic mass is 10.1. The van der Waals surface area contributed by atoms with Gasteiger partial charge in [-0.1, -0.05) is 25.1 Å². The first-order valence-corrected chi connectivity index (χ1v) is 6.16. The normalized spacial score (nSPS) is 12.7. The van der Waals surface area contributed by atoms with Gasteiger partial charge < -0.3 is 9.84 Å². The quantitative estimate of drug-likeness (QED) is 0.597. The maximum absolute atomic E-state index is 9.82. The van der Waals surface area contributed by atoms with Crippen LogP contribution in [0.15, 0.2) is 29.2 Å². The van der Waals surface area contributed by atoms with E-state index in [1.807, 2.05) is 25.1 Å². The van der Waals surface area contributed by atoms with Gasteiger partial charge in [0, 0.05) is 17.8 Å². The molecule has 0 unspecified atom stereocenters. The summed E-state index contributed by atoms with van der Waals surface area (Å²) >= 11 is 1.73. The monoisotopic (exact) mass is 226 g/mol. The summed E-state index contributed by atoms with van der Waals surface area (Å²) in [5, 5.41) is 9.82. The van der Waals surface area contributed by atoms with Crippen molar-refractivity contribution in [3.05, 3.63) is 29.8 Å². The molecular weight excluding hydrogens is 208 g/mol. The topological polar surface area (TPSA) is 29.5 Å². The van der Waals surface area contributed by atoms with E-state index >= 15 is 0 Å². The van der Waals surface area contributed by atoms with Crippen LogP contribution in [0, 0.1) is 0 Å². The molecule has 1 aromatic carbocycles. The fraction of sp³-hybridized carbons (Fsp3) is 0.500. The van der Waals surface area contributed by atoms with Crippen LogP contribution in [0.25, 0.3) is 0 Å². The molecule has 0 aliphatic heterocycles. The Labute approximate surface area is 95.7 Å². The van der Waals surface area contributed by atoms with Gasteiger partial charge in [0.1, 0.15) is 0 Å². The van der Waals surface area contributed by atoms with E-state index < -0.39 is 0 Å². The summed E-state index contributed by atoms with van der Waals surface area (Å²) in [4.78, 5) is 1.16. The Kier molecular flexibility index (Phi) is 5.76. The summed E-state index contributed by atoms with van der Waals surface area (Å²) in [6.45, 7) is 2.72. The third-order valence-electron chi connectivity index (χ3n) is 2.21. The summed E-state index contributed by atoms with van der Waals surface area (Å²) in [6, 6.07) is 8.01. The SMILES string of the molecule is CC[C@H](O)c1ccccc1SCCOC. The van der Waals surface area contributed by atoms with Crippen molar-refractivity contribution < 1.29 is 9.84 Å². The van der Waals surface area contributed by atoms with Crippen molar-refractivity contribution in [2.24, 2.45) is 0 Å². The smallest absolute Gasteiger partial charge is 0.0798 e. The number of benzene rings is 1. The van der Waals surface area contributed by atoms with Gasteiger partial charge in [-0.05, 0) is 18.1 Å². The summed E-state index contributed by atoms with van der Waals surface area (Å²) < 4.78 is 5.01. The number of hydrogen-bond acceptors (Lipinski definition) is 3. The van der Waals surface area contributed by atoms with Gasteiger partial charge in [0.05, 0.1) is 12.7 Å². The van der Waals surface area contributed by atoms with Crippen molar-refractivity contribution in [2.45, 2.75) is 24.3 Å². The zero-order valence-corrected chi connectivity index (χ0v) is 10.1. The molecule has 1 rings (SSSR count). The first kappa shape index (κ1) is 12.6. The van der Waals surface area contributed by atoms with E-state index in [-0.39, 0.29) is 6.10 Å². The molecule has 0 aromatic heterocycles. The number of methoxy groups -OCH3 is 1. The van der Waals surface area contributed by atoms with Crippen molar-refractivity contribution in [3.8, 4) is 0 Å². The second kappa shape index (κ2) is 6.88. The molecule has 0 aliphatic rings. The Morgan fingerprint density at radius 2 is 2.13 bits per heavy atom. The summed E-state index contributed by atoms with van der Waals surface area (Å²) in [7, 11) is 1.70. The van der Waals surface area contributed by atoms with E-state index in [4.69, 9.17) is 4.74 Å². The molecule has 0 fully saturated rings. The van der Waals surface area contributed by atoms with Gasteiger partial charge in [-0.15, -0.1) is 11.8 Å². The van der Waals surface area contributed by atoms with Crippen LogP contribution >= 0.6 is 11.8 Å². The van der Waals surface area contributed by atoms with Crippen molar-refractivity contribution in [3.63, 3.8) is 0 Å². The molecule has 0 aliphatic carbocycles. The number of aliphatic hydroxyl groups excluding tert-OH is 1. The van der Waals surface area contributed by atoms with E-state index in [0.717, 1.165) is 29.2 Å². The van der Waals surface area contributed by atoms with Crippen LogP contribution in [0.3, 0.4) is 0 Å². The van der Waals surface area contributed by atoms with E-state index in [1.165, 1.54) is 0 Å². The van der Waals surface area contributed by atoms with Crippen molar-refractivity contribution >= 4 is 11.8 Å². The minimum atomic E-state index is -0.351. The lowest BCUT2D eigenvalue weighted by Crippen LogP contribution is -1.99. The van der Waals surface area contributed by atoms with E-state index in [2.05, 4.69) is 6.07 Å². The minimum Gasteiger partial charge on any atom is -0.388 e. The van der Waals surface area contributed by atoms with Crippen LogP contribution in [-0.4, -0.2) is 24.6 Å². The van der Waals surface area contributed by atoms with E-state index in [0.29, 0.717) is 0 Å². The summed E-state index contributed by atoms with van der Waals surface area (Å²) in [5.74, 6) is 0.921. The van der Waals surface area contributed by atoms with Crippen LogP contribution < -0.4 is 0 Å². The fourth-order valence-corrected chi connectivity index (χ4v) is 2.36. The molecule has 0 amide bonds. The van der Waals surface area contributed by atoms with E-state index in [1.54, 1.807) is 18.9 Å². The number of ether oxygens (including phenoxy) is 1. The number of thioether (sulfide) groups is 1. The van der Waals surface area contributed by atoms with Crippen LogP contribution in [-0.2, 0) is 4.74 Å². The first-order valence-electron chi connectivity index (χ1n) is 5.18. The Bertz CT molecular complexity index is 289. The molecule has 0 heterocycles. The summed E-state index contributed by atoms with van der Waals surface area (Å²) in [5.41, 5.74) is 1.03. The van der Waals surface area contributed by atoms with Crippen LogP contribution in [0.5, 0.6) is 0 Å². The molecule has 1 aromatic rings. The molecule has 84 valence electrons. The van der Waals surface area contributed by atoms with Crippen molar-refractivity contribution in [1.82, 2.24) is 0 Å². The molecule has 1 atom stereocenters. The van der Waals surface area contributed by atoms with Crippen molar-refractivity contribution in [2.75, 3.05) is 19.5 Å². The predicted octanol–water partition coefficient (Wildman–Crippen LogP) is 2.87. The zero-order chi connectivity index (χ0) is 11.1. The van der Waals surface area contributed by atoms with Crippen LogP contribution in [0.1, 0.15) is 25.0 Å². The second-order valence-electron chi connectivity index (χ2n) is 3.30. The molecule has 2 nitrogen and oxygen atoms in total. The second-order valence-corrected chi connectivity index (χ2v) is 4.44. The van der Waals surface area contributed by atoms with Gasteiger partial charge in [0.2, 0.25) is 0 Å². The summed E-state index contributed by atoms with van der Waals surface area (Å²) in [6.07, 6.45) is 0.401. The van der Waals surface area contributed by atoms with Gasteiger partial charge in [-0.3, -0.25) is 0 Å². The Balaban J connectivity index is 2.68. The third kappa shape index (κ3) is 3.86. The first-order chi connectivity index (χ1) is 7.29. The molecular formula is C12H18O2S. The molecule has 0 radical (unpaired) electrons. The molecule has 3 heteroatoms. The number of aliphatic hydroxyl groups is 1. The lowest BCUT2D eigenvalue weighted by Gasteiger charge is -2.13. The van der Waals surface area contributed by atoms with Gasteiger partial charge in [-0.25, -0.2) is 0 Å². The number of hydrogen-bond donors (Lipinski definition) is 1. The highest BCUT2D eigenvalue weighted by Gasteiger charge is 2.09. The zero-order valence-electron chi connectivity index (χ0n) is 9.27. The largest absolute Gasteiger partial charge is 0.388 e. The maximum atomic E-state index is 9.82. The molecule has 1 N–H and O–H groups in total. The van der Waals surface area contributed by atoms with Gasteiger partial charge in [-0.2, -0.15) is 0 Å². The van der Waals surface area contributed by atoms with Crippen LogP contribution in [0.2, 0.25) is 0 Å². The Morgan fingerprint density at radius 3 is 2.80 bits per heavy atom. The van der Waals surface area contributed by atoms with Gasteiger partial charge >= 0.3 is 0 Å². The molecule has 0 spiro atoms. The molecule has 0 saturated carbocycles. The molecule has 15 heavy (non-hydrogen) atoms. The maximum Gasteiger partial charge on any atom is 0.0798 e. The predicted molar refractivity (Wildman–Crippen MR) is 64.3 cm³/mol. The highest BCUT2D eigenvalue weighted by molar-refractivity contribution is 7.99. The van der Waals surface area contributed by atoms with E-state index in [9.17, 15) is 5.11 Å². The highest BCUT2D eigenvalue weighted by Crippen LogP contribution is 2.28. The highest BCUT2D eigenvalue weighted by atomic mass is 32.2. The minimum absolute atomic E-state index is 0.351. The average Bonchev–Trinajstić information content (AvgIpc) is 2.29. The van der Waals surface area contributed by atoms with Gasteiger partial charge in [0.15, 0.2) is 0 Å².